The molecule has 2 heterocycles. The highest BCUT2D eigenvalue weighted by molar-refractivity contribution is 7.99. The van der Waals surface area contributed by atoms with Gasteiger partial charge in [0.1, 0.15) is 9.46 Å². The summed E-state index contributed by atoms with van der Waals surface area (Å²) in [5.41, 5.74) is 3.59. The van der Waals surface area contributed by atoms with Crippen molar-refractivity contribution in [1.82, 2.24) is 4.57 Å². The van der Waals surface area contributed by atoms with Crippen molar-refractivity contribution < 1.29 is 8.42 Å². The van der Waals surface area contributed by atoms with E-state index in [0.717, 1.165) is 22.2 Å². The van der Waals surface area contributed by atoms with Crippen LogP contribution in [-0.2, 0) is 22.3 Å². The number of nitrogens with zero attached hydrogens (tertiary/aromatic N) is 3. The molecule has 1 atom stereocenters. The normalized spacial score (nSPS) is 12.5. The van der Waals surface area contributed by atoms with Gasteiger partial charge in [0.25, 0.3) is 10.0 Å². The number of aromatic nitrogens is 1. The summed E-state index contributed by atoms with van der Waals surface area (Å²) >= 11 is 2.79. The maximum absolute atomic E-state index is 13.2. The number of hydrogen-bond acceptors (Lipinski definition) is 5. The van der Waals surface area contributed by atoms with Crippen LogP contribution in [0.15, 0.2) is 76.4 Å². The van der Waals surface area contributed by atoms with Gasteiger partial charge in [-0.1, -0.05) is 36.4 Å². The SMILES string of the molecule is Cc1cc(N(C)S(=O)(=O)c2cccs2)c2c(ccn2CC(C#N)SCc2ccccc2)c1. The summed E-state index contributed by atoms with van der Waals surface area (Å²) in [4.78, 5) is 0. The molecule has 0 saturated carbocycles. The first-order valence-corrected chi connectivity index (χ1v) is 13.4. The second-order valence-electron chi connectivity index (χ2n) is 7.51. The Labute approximate surface area is 197 Å². The van der Waals surface area contributed by atoms with E-state index in [2.05, 4.69) is 18.2 Å². The fraction of sp³-hybridized carbons (Fsp3) is 0.208. The molecule has 0 bridgehead atoms. The minimum Gasteiger partial charge on any atom is -0.344 e. The molecule has 0 aliphatic heterocycles. The molecule has 0 amide bonds. The summed E-state index contributed by atoms with van der Waals surface area (Å²) < 4.78 is 30.0. The third kappa shape index (κ3) is 4.56. The van der Waals surface area contributed by atoms with E-state index in [1.807, 2.05) is 54.1 Å². The van der Waals surface area contributed by atoms with Gasteiger partial charge in [-0.15, -0.1) is 23.1 Å². The van der Waals surface area contributed by atoms with Crippen LogP contribution in [0.4, 0.5) is 5.69 Å². The maximum Gasteiger partial charge on any atom is 0.273 e. The highest BCUT2D eigenvalue weighted by Gasteiger charge is 2.25. The van der Waals surface area contributed by atoms with E-state index in [9.17, 15) is 13.7 Å². The number of fused-ring (bicyclic) bond motifs is 1. The Hall–Kier alpha value is -2.73. The van der Waals surface area contributed by atoms with Crippen molar-refractivity contribution in [2.45, 2.75) is 28.7 Å². The number of anilines is 1. The van der Waals surface area contributed by atoms with Crippen molar-refractivity contribution in [3.8, 4) is 6.07 Å². The molecule has 0 saturated heterocycles. The zero-order valence-electron chi connectivity index (χ0n) is 17.8. The van der Waals surface area contributed by atoms with E-state index >= 15 is 0 Å². The van der Waals surface area contributed by atoms with Crippen molar-refractivity contribution in [3.63, 3.8) is 0 Å². The fourth-order valence-corrected chi connectivity index (χ4v) is 6.90. The quantitative estimate of drug-likeness (QED) is 0.326. The van der Waals surface area contributed by atoms with Gasteiger partial charge >= 0.3 is 0 Å². The molecule has 1 unspecified atom stereocenters. The van der Waals surface area contributed by atoms with Gasteiger partial charge in [0.2, 0.25) is 0 Å². The minimum absolute atomic E-state index is 0.265. The van der Waals surface area contributed by atoms with Crippen LogP contribution in [0.5, 0.6) is 0 Å². The second kappa shape index (κ2) is 9.41. The third-order valence-corrected chi connectivity index (χ3v) is 9.54. The van der Waals surface area contributed by atoms with Crippen molar-refractivity contribution >= 4 is 49.7 Å². The Morgan fingerprint density at radius 3 is 2.62 bits per heavy atom. The average molecular weight is 482 g/mol. The van der Waals surface area contributed by atoms with Gasteiger partial charge in [-0.05, 0) is 47.7 Å². The van der Waals surface area contributed by atoms with Crippen molar-refractivity contribution in [1.29, 1.82) is 5.26 Å². The molecule has 32 heavy (non-hydrogen) atoms. The molecular formula is C24H23N3O2S3. The zero-order valence-corrected chi connectivity index (χ0v) is 20.3. The lowest BCUT2D eigenvalue weighted by Crippen LogP contribution is -2.26. The first-order chi connectivity index (χ1) is 15.4. The van der Waals surface area contributed by atoms with Crippen LogP contribution in [0.25, 0.3) is 10.9 Å². The number of hydrogen-bond donors (Lipinski definition) is 0. The number of sulfonamides is 1. The van der Waals surface area contributed by atoms with Crippen LogP contribution in [0.2, 0.25) is 0 Å². The number of thiophene rings is 1. The molecule has 2 aromatic carbocycles. The number of aryl methyl sites for hydroxylation is 1. The van der Waals surface area contributed by atoms with Crippen molar-refractivity contribution in [2.24, 2.45) is 0 Å². The molecule has 0 aliphatic carbocycles. The van der Waals surface area contributed by atoms with Crippen LogP contribution >= 0.6 is 23.1 Å². The number of benzene rings is 2. The van der Waals surface area contributed by atoms with Crippen LogP contribution in [0, 0.1) is 18.3 Å². The van der Waals surface area contributed by atoms with Gasteiger partial charge in [-0.3, -0.25) is 4.31 Å². The first kappa shape index (κ1) is 22.5. The summed E-state index contributed by atoms with van der Waals surface area (Å²) in [5.74, 6) is 0.747. The predicted molar refractivity (Wildman–Crippen MR) is 134 cm³/mol. The standard InChI is InChI=1S/C24H23N3O2S3/c1-18-13-20-10-11-27(16-21(15-25)31-17-19-7-4-3-5-8-19)24(20)22(14-18)26(2)32(28,29)23-9-6-12-30-23/h3-14,21H,16-17H2,1-2H3. The Kier molecular flexibility index (Phi) is 6.60. The van der Waals surface area contributed by atoms with Crippen molar-refractivity contribution in [3.05, 3.63) is 83.4 Å². The summed E-state index contributed by atoms with van der Waals surface area (Å²) in [6, 6.07) is 21.7. The van der Waals surface area contributed by atoms with Gasteiger partial charge in [0.05, 0.1) is 17.3 Å². The monoisotopic (exact) mass is 481 g/mol. The molecule has 0 spiro atoms. The Bertz CT molecular complexity index is 1360. The molecule has 2 aromatic heterocycles. The fourth-order valence-electron chi connectivity index (χ4n) is 3.62. The van der Waals surface area contributed by atoms with Crippen LogP contribution in [-0.4, -0.2) is 25.3 Å². The number of nitriles is 1. The molecule has 8 heteroatoms. The average Bonchev–Trinajstić information content (AvgIpc) is 3.47. The van der Waals surface area contributed by atoms with E-state index < -0.39 is 10.0 Å². The van der Waals surface area contributed by atoms with Gasteiger partial charge < -0.3 is 4.57 Å². The highest BCUT2D eigenvalue weighted by Crippen LogP contribution is 2.34. The van der Waals surface area contributed by atoms with E-state index in [-0.39, 0.29) is 5.25 Å². The van der Waals surface area contributed by atoms with E-state index in [0.29, 0.717) is 16.4 Å². The lowest BCUT2D eigenvalue weighted by molar-refractivity contribution is 0.596. The summed E-state index contributed by atoms with van der Waals surface area (Å²) in [5, 5.41) is 12.2. The van der Waals surface area contributed by atoms with E-state index in [4.69, 9.17) is 0 Å². The Morgan fingerprint density at radius 2 is 1.94 bits per heavy atom. The lowest BCUT2D eigenvalue weighted by Gasteiger charge is -2.22. The molecule has 5 nitrogen and oxygen atoms in total. The first-order valence-electron chi connectivity index (χ1n) is 10.1. The topological polar surface area (TPSA) is 66.1 Å². The van der Waals surface area contributed by atoms with Crippen molar-refractivity contribution in [2.75, 3.05) is 11.4 Å². The predicted octanol–water partition coefficient (Wildman–Crippen LogP) is 5.66. The van der Waals surface area contributed by atoms with E-state index in [1.54, 1.807) is 36.3 Å². The summed E-state index contributed by atoms with van der Waals surface area (Å²) in [6.07, 6.45) is 1.94. The molecule has 164 valence electrons. The largest absolute Gasteiger partial charge is 0.344 e. The minimum atomic E-state index is -3.66. The second-order valence-corrected chi connectivity index (χ2v) is 11.8. The van der Waals surface area contributed by atoms with Crippen LogP contribution in [0.1, 0.15) is 11.1 Å². The Morgan fingerprint density at radius 1 is 1.16 bits per heavy atom. The molecule has 0 radical (unpaired) electrons. The van der Waals surface area contributed by atoms with Crippen LogP contribution in [0.3, 0.4) is 0 Å². The zero-order chi connectivity index (χ0) is 22.7. The maximum atomic E-state index is 13.2. The summed E-state index contributed by atoms with van der Waals surface area (Å²) in [6.45, 7) is 2.43. The number of thioether (sulfide) groups is 1. The highest BCUT2D eigenvalue weighted by atomic mass is 32.2. The van der Waals surface area contributed by atoms with E-state index in [1.165, 1.54) is 21.2 Å². The van der Waals surface area contributed by atoms with Gasteiger partial charge in [0, 0.05) is 30.9 Å². The molecule has 4 rings (SSSR count). The summed E-state index contributed by atoms with van der Waals surface area (Å²) in [7, 11) is -2.07. The smallest absolute Gasteiger partial charge is 0.273 e. The Balaban J connectivity index is 1.67. The molecule has 0 N–H and O–H groups in total. The van der Waals surface area contributed by atoms with Gasteiger partial charge in [-0.25, -0.2) is 8.42 Å². The third-order valence-electron chi connectivity index (χ3n) is 5.23. The van der Waals surface area contributed by atoms with Gasteiger partial charge in [-0.2, -0.15) is 5.26 Å². The van der Waals surface area contributed by atoms with Crippen LogP contribution < -0.4 is 4.31 Å². The lowest BCUT2D eigenvalue weighted by atomic mass is 10.1. The van der Waals surface area contributed by atoms with Gasteiger partial charge in [0.15, 0.2) is 0 Å². The molecular weight excluding hydrogens is 458 g/mol. The molecule has 0 fully saturated rings. The number of rotatable bonds is 8. The molecule has 0 aliphatic rings. The molecule has 4 aromatic rings.